The van der Waals surface area contributed by atoms with Crippen molar-refractivity contribution in [1.29, 1.82) is 0 Å². The average molecular weight is 438 g/mol. The first-order chi connectivity index (χ1) is 15.4. The molecule has 0 fully saturated rings. The summed E-state index contributed by atoms with van der Waals surface area (Å²) in [4.78, 5) is 2.28. The van der Waals surface area contributed by atoms with Crippen LogP contribution in [0.25, 0.3) is 11.3 Å². The molecule has 1 heterocycles. The molecule has 0 spiro atoms. The molecular weight excluding hydrogens is 402 g/mol. The maximum atomic E-state index is 10.5. The second-order valence-corrected chi connectivity index (χ2v) is 8.37. The van der Waals surface area contributed by atoms with Crippen LogP contribution >= 0.6 is 0 Å². The molecule has 0 bridgehead atoms. The third kappa shape index (κ3) is 5.90. The van der Waals surface area contributed by atoms with E-state index in [-0.39, 0.29) is 12.1 Å². The van der Waals surface area contributed by atoms with Gasteiger partial charge in [0.2, 0.25) is 5.88 Å². The summed E-state index contributed by atoms with van der Waals surface area (Å²) in [5.41, 5.74) is 2.94. The molecule has 3 aromatic rings. The Balaban J connectivity index is 1.99. The summed E-state index contributed by atoms with van der Waals surface area (Å²) >= 11 is 0. The molecule has 1 N–H and O–H groups in total. The largest absolute Gasteiger partial charge is 0.497 e. The van der Waals surface area contributed by atoms with Gasteiger partial charge in [-0.2, -0.15) is 5.10 Å². The average Bonchev–Trinajstić information content (AvgIpc) is 3.09. The molecule has 1 aromatic heterocycles. The summed E-state index contributed by atoms with van der Waals surface area (Å²) < 4.78 is 13.4. The molecule has 0 aliphatic rings. The molecular formula is C26H35N3O3. The zero-order chi connectivity index (χ0) is 23.1. The second kappa shape index (κ2) is 11.2. The molecule has 3 rings (SSSR count). The number of ether oxygens (including phenoxy) is 2. The van der Waals surface area contributed by atoms with Crippen LogP contribution in [0.2, 0.25) is 0 Å². The first-order valence-corrected chi connectivity index (χ1v) is 11.3. The minimum absolute atomic E-state index is 0.263. The lowest BCUT2D eigenvalue weighted by molar-refractivity contribution is 0.0839. The molecule has 172 valence electrons. The molecule has 0 saturated carbocycles. The molecule has 1 atom stereocenters. The van der Waals surface area contributed by atoms with E-state index in [9.17, 15) is 5.11 Å². The monoisotopic (exact) mass is 437 g/mol. The summed E-state index contributed by atoms with van der Waals surface area (Å²) in [6.45, 7) is 7.64. The minimum atomic E-state index is -0.356. The van der Waals surface area contributed by atoms with E-state index < -0.39 is 0 Å². The molecule has 6 heteroatoms. The highest BCUT2D eigenvalue weighted by atomic mass is 16.5. The van der Waals surface area contributed by atoms with E-state index in [1.54, 1.807) is 11.8 Å². The van der Waals surface area contributed by atoms with Gasteiger partial charge in [-0.05, 0) is 44.5 Å². The van der Waals surface area contributed by atoms with Gasteiger partial charge in [0.15, 0.2) is 0 Å². The van der Waals surface area contributed by atoms with Crippen LogP contribution in [-0.4, -0.2) is 45.6 Å². The quantitative estimate of drug-likeness (QED) is 0.443. The maximum absolute atomic E-state index is 10.5. The Hall–Kier alpha value is -2.83. The fourth-order valence-corrected chi connectivity index (χ4v) is 3.76. The molecule has 0 radical (unpaired) electrons. The van der Waals surface area contributed by atoms with Crippen molar-refractivity contribution in [3.8, 4) is 28.6 Å². The summed E-state index contributed by atoms with van der Waals surface area (Å²) in [6.07, 6.45) is 1.39. The van der Waals surface area contributed by atoms with Gasteiger partial charge >= 0.3 is 0 Å². The fraction of sp³-hybridized carbons (Fsp3) is 0.423. The number of rotatable bonds is 11. The standard InChI is InChI=1S/C26H35N3O3/c1-6-10-21(30)17-29(19(2)3)18-24-25(20-11-8-7-9-12-20)27-28(4)26(24)32-23-15-13-22(31-5)14-16-23/h7-9,11-16,19,21,30H,6,10,17-18H2,1-5H3/t21-/m0/s1. The lowest BCUT2D eigenvalue weighted by atomic mass is 10.1. The topological polar surface area (TPSA) is 59.8 Å². The fourth-order valence-electron chi connectivity index (χ4n) is 3.76. The van der Waals surface area contributed by atoms with Gasteiger partial charge in [-0.1, -0.05) is 43.7 Å². The Morgan fingerprint density at radius 1 is 1.03 bits per heavy atom. The summed E-state index contributed by atoms with van der Waals surface area (Å²) in [6, 6.07) is 18.0. The van der Waals surface area contributed by atoms with E-state index in [2.05, 4.69) is 37.8 Å². The summed E-state index contributed by atoms with van der Waals surface area (Å²) in [5.74, 6) is 2.20. The van der Waals surface area contributed by atoms with Crippen molar-refractivity contribution in [2.75, 3.05) is 13.7 Å². The van der Waals surface area contributed by atoms with Crippen LogP contribution in [0.4, 0.5) is 0 Å². The molecule has 6 nitrogen and oxygen atoms in total. The van der Waals surface area contributed by atoms with Gasteiger partial charge < -0.3 is 14.6 Å². The molecule has 32 heavy (non-hydrogen) atoms. The molecule has 0 amide bonds. The van der Waals surface area contributed by atoms with Gasteiger partial charge in [0.1, 0.15) is 17.2 Å². The third-order valence-electron chi connectivity index (χ3n) is 5.57. The number of aliphatic hydroxyl groups is 1. The van der Waals surface area contributed by atoms with Crippen LogP contribution in [-0.2, 0) is 13.6 Å². The lowest BCUT2D eigenvalue weighted by Crippen LogP contribution is -2.37. The lowest BCUT2D eigenvalue weighted by Gasteiger charge is -2.29. The smallest absolute Gasteiger partial charge is 0.222 e. The van der Waals surface area contributed by atoms with E-state index in [4.69, 9.17) is 14.6 Å². The van der Waals surface area contributed by atoms with Crippen molar-refractivity contribution in [3.05, 3.63) is 60.2 Å². The zero-order valence-electron chi connectivity index (χ0n) is 19.8. The van der Waals surface area contributed by atoms with E-state index in [0.717, 1.165) is 41.2 Å². The highest BCUT2D eigenvalue weighted by Gasteiger charge is 2.24. The number of methoxy groups -OCH3 is 1. The Morgan fingerprint density at radius 3 is 2.28 bits per heavy atom. The predicted octanol–water partition coefficient (Wildman–Crippen LogP) is 5.26. The van der Waals surface area contributed by atoms with Crippen LogP contribution in [0.3, 0.4) is 0 Å². The van der Waals surface area contributed by atoms with Gasteiger partial charge in [0.05, 0.1) is 18.8 Å². The first kappa shape index (κ1) is 23.8. The summed E-state index contributed by atoms with van der Waals surface area (Å²) in [5, 5.41) is 15.3. The van der Waals surface area contributed by atoms with E-state index in [1.165, 1.54) is 0 Å². The molecule has 0 unspecified atom stereocenters. The maximum Gasteiger partial charge on any atom is 0.222 e. The number of nitrogens with zero attached hydrogens (tertiary/aromatic N) is 3. The van der Waals surface area contributed by atoms with Gasteiger partial charge in [-0.3, -0.25) is 4.90 Å². The Morgan fingerprint density at radius 2 is 1.69 bits per heavy atom. The van der Waals surface area contributed by atoms with Crippen LogP contribution in [0.1, 0.15) is 39.2 Å². The van der Waals surface area contributed by atoms with E-state index >= 15 is 0 Å². The highest BCUT2D eigenvalue weighted by molar-refractivity contribution is 5.65. The van der Waals surface area contributed by atoms with Gasteiger partial charge in [0, 0.05) is 31.7 Å². The number of aromatic nitrogens is 2. The number of hydrogen-bond donors (Lipinski definition) is 1. The second-order valence-electron chi connectivity index (χ2n) is 8.37. The van der Waals surface area contributed by atoms with Crippen molar-refractivity contribution in [3.63, 3.8) is 0 Å². The van der Waals surface area contributed by atoms with Gasteiger partial charge in [0.25, 0.3) is 0 Å². The Labute approximate surface area is 191 Å². The number of aryl methyl sites for hydroxylation is 1. The van der Waals surface area contributed by atoms with Crippen LogP contribution in [0.5, 0.6) is 17.4 Å². The highest BCUT2D eigenvalue weighted by Crippen LogP contribution is 2.35. The first-order valence-electron chi connectivity index (χ1n) is 11.3. The SMILES string of the molecule is CCC[C@H](O)CN(Cc1c(-c2ccccc2)nn(C)c1Oc1ccc(OC)cc1)C(C)C. The number of hydrogen-bond acceptors (Lipinski definition) is 5. The third-order valence-corrected chi connectivity index (χ3v) is 5.57. The summed E-state index contributed by atoms with van der Waals surface area (Å²) in [7, 11) is 3.55. The number of benzene rings is 2. The van der Waals surface area contributed by atoms with Crippen LogP contribution < -0.4 is 9.47 Å². The van der Waals surface area contributed by atoms with E-state index in [1.807, 2.05) is 49.5 Å². The zero-order valence-corrected chi connectivity index (χ0v) is 19.8. The molecule has 0 saturated heterocycles. The van der Waals surface area contributed by atoms with Crippen molar-refractivity contribution >= 4 is 0 Å². The van der Waals surface area contributed by atoms with Gasteiger partial charge in [-0.15, -0.1) is 0 Å². The molecule has 0 aliphatic heterocycles. The van der Waals surface area contributed by atoms with Crippen molar-refractivity contribution in [1.82, 2.24) is 14.7 Å². The number of aliphatic hydroxyl groups excluding tert-OH is 1. The van der Waals surface area contributed by atoms with Crippen LogP contribution in [0.15, 0.2) is 54.6 Å². The van der Waals surface area contributed by atoms with Crippen LogP contribution in [0, 0.1) is 0 Å². The van der Waals surface area contributed by atoms with Crippen molar-refractivity contribution < 1.29 is 14.6 Å². The van der Waals surface area contributed by atoms with Crippen molar-refractivity contribution in [2.24, 2.45) is 7.05 Å². The molecule has 2 aromatic carbocycles. The normalized spacial score (nSPS) is 12.4. The molecule has 0 aliphatic carbocycles. The van der Waals surface area contributed by atoms with Gasteiger partial charge in [-0.25, -0.2) is 4.68 Å². The predicted molar refractivity (Wildman–Crippen MR) is 128 cm³/mol. The Kier molecular flexibility index (Phi) is 8.31. The minimum Gasteiger partial charge on any atom is -0.497 e. The van der Waals surface area contributed by atoms with E-state index in [0.29, 0.717) is 19.0 Å². The Bertz CT molecular complexity index is 968. The van der Waals surface area contributed by atoms with Crippen molar-refractivity contribution in [2.45, 2.75) is 52.3 Å².